The number of rotatable bonds is 1. The van der Waals surface area contributed by atoms with Crippen LogP contribution in [0, 0.1) is 5.92 Å². The van der Waals surface area contributed by atoms with E-state index < -0.39 is 16.9 Å². The van der Waals surface area contributed by atoms with Crippen LogP contribution in [0.4, 0.5) is 8.78 Å². The zero-order chi connectivity index (χ0) is 7.78. The second-order valence-electron chi connectivity index (χ2n) is 2.25. The van der Waals surface area contributed by atoms with Crippen molar-refractivity contribution in [3.05, 3.63) is 0 Å². The molecule has 2 nitrogen and oxygen atoms in total. The summed E-state index contributed by atoms with van der Waals surface area (Å²) in [5, 5.41) is 8.89. The van der Waals surface area contributed by atoms with Gasteiger partial charge in [-0.25, -0.2) is 0 Å². The number of hydrogen-bond acceptors (Lipinski definition) is 2. The Morgan fingerprint density at radius 3 is 2.30 bits per heavy atom. The van der Waals surface area contributed by atoms with Gasteiger partial charge < -0.3 is 9.84 Å². The smallest absolute Gasteiger partial charge is 0.308 e. The molecule has 0 radical (unpaired) electrons. The zero-order valence-corrected chi connectivity index (χ0v) is 6.64. The van der Waals surface area contributed by atoms with Crippen molar-refractivity contribution in [2.24, 2.45) is 5.92 Å². The van der Waals surface area contributed by atoms with E-state index in [-0.39, 0.29) is 13.2 Å². The van der Waals surface area contributed by atoms with E-state index in [2.05, 4.69) is 20.7 Å². The van der Waals surface area contributed by atoms with Gasteiger partial charge in [0.1, 0.15) is 0 Å². The molecule has 0 amide bonds. The summed E-state index contributed by atoms with van der Waals surface area (Å²) in [5.74, 6) is -1.10. The Labute approximate surface area is 65.3 Å². The van der Waals surface area contributed by atoms with Gasteiger partial charge in [0, 0.05) is 0 Å². The zero-order valence-electron chi connectivity index (χ0n) is 5.06. The predicted octanol–water partition coefficient (Wildman–Crippen LogP) is 0.981. The van der Waals surface area contributed by atoms with Crippen LogP contribution in [0.3, 0.4) is 0 Å². The fourth-order valence-electron chi connectivity index (χ4n) is 0.856. The summed E-state index contributed by atoms with van der Waals surface area (Å²) in [6.07, 6.45) is -1.05. The third-order valence-corrected chi connectivity index (χ3v) is 2.06. The van der Waals surface area contributed by atoms with Gasteiger partial charge in [0.05, 0.1) is 25.2 Å². The van der Waals surface area contributed by atoms with Crippen molar-refractivity contribution in [2.45, 2.75) is 10.9 Å². The van der Waals surface area contributed by atoms with E-state index >= 15 is 0 Å². The summed E-state index contributed by atoms with van der Waals surface area (Å²) in [5.41, 5.74) is 0. The molecule has 2 atom stereocenters. The molecule has 0 aromatic heterocycles. The molecule has 0 aromatic carbocycles. The fourth-order valence-corrected chi connectivity index (χ4v) is 1.29. The molecule has 1 fully saturated rings. The van der Waals surface area contributed by atoms with Gasteiger partial charge in [0.15, 0.2) is 0 Å². The lowest BCUT2D eigenvalue weighted by Crippen LogP contribution is -2.31. The molecule has 1 heterocycles. The van der Waals surface area contributed by atoms with Crippen molar-refractivity contribution < 1.29 is 18.6 Å². The Morgan fingerprint density at radius 1 is 1.50 bits per heavy atom. The molecule has 5 heteroatoms. The fraction of sp³-hybridized carbons (Fsp3) is 1.00. The summed E-state index contributed by atoms with van der Waals surface area (Å²) in [7, 11) is 0. The molecule has 0 saturated carbocycles. The molecule has 1 N–H and O–H groups in total. The maximum absolute atomic E-state index is 12.4. The Balaban J connectivity index is 2.55. The highest BCUT2D eigenvalue weighted by atomic mass is 79.9. The van der Waals surface area contributed by atoms with E-state index in [1.807, 2.05) is 0 Å². The first-order chi connectivity index (χ1) is 4.52. The number of alkyl halides is 3. The molecule has 1 aliphatic rings. The molecule has 1 aliphatic heterocycles. The second-order valence-corrected chi connectivity index (χ2v) is 3.31. The highest BCUT2D eigenvalue weighted by Gasteiger charge is 2.44. The summed E-state index contributed by atoms with van der Waals surface area (Å²) in [6.45, 7) is -0.0781. The molecule has 60 valence electrons. The molecule has 1 rings (SSSR count). The number of hydrogen-bond donors (Lipinski definition) is 1. The second kappa shape index (κ2) is 2.71. The largest absolute Gasteiger partial charge is 0.390 e. The van der Waals surface area contributed by atoms with Crippen LogP contribution in [-0.2, 0) is 4.74 Å². The van der Waals surface area contributed by atoms with Crippen LogP contribution in [0.25, 0.3) is 0 Å². The monoisotopic (exact) mass is 216 g/mol. The van der Waals surface area contributed by atoms with E-state index in [0.29, 0.717) is 0 Å². The maximum Gasteiger partial charge on any atom is 0.308 e. The molecular formula is C5H7BrF2O2. The van der Waals surface area contributed by atoms with Gasteiger partial charge in [-0.05, 0) is 15.9 Å². The molecule has 0 spiro atoms. The van der Waals surface area contributed by atoms with E-state index in [9.17, 15) is 8.78 Å². The Kier molecular flexibility index (Phi) is 2.27. The first kappa shape index (κ1) is 8.36. The minimum atomic E-state index is -3.01. The molecule has 10 heavy (non-hydrogen) atoms. The molecular weight excluding hydrogens is 210 g/mol. The minimum Gasteiger partial charge on any atom is -0.390 e. The summed E-state index contributed by atoms with van der Waals surface area (Å²) >= 11 is 2.17. The quantitative estimate of drug-likeness (QED) is 0.663. The van der Waals surface area contributed by atoms with Gasteiger partial charge in [-0.1, -0.05) is 0 Å². The van der Waals surface area contributed by atoms with Crippen molar-refractivity contribution in [3.8, 4) is 0 Å². The number of ether oxygens (including phenoxy) is 1. The van der Waals surface area contributed by atoms with Crippen molar-refractivity contribution >= 4 is 15.9 Å². The van der Waals surface area contributed by atoms with Crippen molar-refractivity contribution in [1.29, 1.82) is 0 Å². The third kappa shape index (κ3) is 1.65. The highest BCUT2D eigenvalue weighted by Crippen LogP contribution is 2.36. The third-order valence-electron chi connectivity index (χ3n) is 1.47. The lowest BCUT2D eigenvalue weighted by Gasteiger charge is -2.17. The van der Waals surface area contributed by atoms with Gasteiger partial charge >= 0.3 is 4.83 Å². The summed E-state index contributed by atoms with van der Waals surface area (Å²) in [4.78, 5) is -3.01. The van der Waals surface area contributed by atoms with E-state index in [1.165, 1.54) is 0 Å². The van der Waals surface area contributed by atoms with Crippen LogP contribution >= 0.6 is 15.9 Å². The average Bonchev–Trinajstić information content (AvgIpc) is 2.11. The van der Waals surface area contributed by atoms with Crippen molar-refractivity contribution in [1.82, 2.24) is 0 Å². The SMILES string of the molecule is O[C@@H]1COC[C@H]1C(F)(F)Br. The van der Waals surface area contributed by atoms with Gasteiger partial charge in [0.25, 0.3) is 0 Å². The van der Waals surface area contributed by atoms with E-state index in [0.717, 1.165) is 0 Å². The van der Waals surface area contributed by atoms with Gasteiger partial charge in [0.2, 0.25) is 0 Å². The Hall–Kier alpha value is 0.260. The first-order valence-electron chi connectivity index (χ1n) is 2.84. The Bertz CT molecular complexity index is 125. The van der Waals surface area contributed by atoms with Crippen LogP contribution in [0.1, 0.15) is 0 Å². The molecule has 0 aromatic rings. The molecule has 1 saturated heterocycles. The predicted molar refractivity (Wildman–Crippen MR) is 34.2 cm³/mol. The van der Waals surface area contributed by atoms with Gasteiger partial charge in [-0.15, -0.1) is 0 Å². The topological polar surface area (TPSA) is 29.5 Å². The lowest BCUT2D eigenvalue weighted by molar-refractivity contribution is -0.00358. The normalized spacial score (nSPS) is 34.8. The van der Waals surface area contributed by atoms with Crippen LogP contribution in [0.2, 0.25) is 0 Å². The summed E-state index contributed by atoms with van der Waals surface area (Å²) < 4.78 is 29.3. The van der Waals surface area contributed by atoms with Crippen molar-refractivity contribution in [3.63, 3.8) is 0 Å². The van der Waals surface area contributed by atoms with Crippen LogP contribution in [0.5, 0.6) is 0 Å². The lowest BCUT2D eigenvalue weighted by atomic mass is 10.1. The van der Waals surface area contributed by atoms with Crippen LogP contribution < -0.4 is 0 Å². The van der Waals surface area contributed by atoms with Crippen molar-refractivity contribution in [2.75, 3.05) is 13.2 Å². The Morgan fingerprint density at radius 2 is 2.10 bits per heavy atom. The van der Waals surface area contributed by atoms with Crippen LogP contribution in [-0.4, -0.2) is 29.3 Å². The van der Waals surface area contributed by atoms with Gasteiger partial charge in [-0.2, -0.15) is 8.78 Å². The summed E-state index contributed by atoms with van der Waals surface area (Å²) in [6, 6.07) is 0. The average molecular weight is 217 g/mol. The molecule has 0 bridgehead atoms. The van der Waals surface area contributed by atoms with Gasteiger partial charge in [-0.3, -0.25) is 0 Å². The minimum absolute atomic E-state index is 0.00581. The first-order valence-corrected chi connectivity index (χ1v) is 3.63. The number of aliphatic hydroxyl groups is 1. The maximum atomic E-state index is 12.4. The van der Waals surface area contributed by atoms with E-state index in [4.69, 9.17) is 5.11 Å². The van der Waals surface area contributed by atoms with E-state index in [1.54, 1.807) is 0 Å². The highest BCUT2D eigenvalue weighted by molar-refractivity contribution is 9.10. The molecule has 0 unspecified atom stereocenters. The standard InChI is InChI=1S/C5H7BrF2O2/c6-5(7,8)3-1-10-2-4(3)9/h3-4,9H,1-2H2/t3-,4-/m1/s1. The number of halogens is 3. The molecule has 0 aliphatic carbocycles. The van der Waals surface area contributed by atoms with Crippen LogP contribution in [0.15, 0.2) is 0 Å². The number of aliphatic hydroxyl groups excluding tert-OH is 1.